The zero-order chi connectivity index (χ0) is 8.97. The number of ether oxygens (including phenoxy) is 1. The molecule has 0 aromatic heterocycles. The molecule has 2 N–H and O–H groups in total. The Morgan fingerprint density at radius 1 is 1.58 bits per heavy atom. The van der Waals surface area contributed by atoms with E-state index in [4.69, 9.17) is 5.11 Å². The third-order valence-electron chi connectivity index (χ3n) is 1.96. The van der Waals surface area contributed by atoms with E-state index in [1.54, 1.807) is 0 Å². The molecule has 4 nitrogen and oxygen atoms in total. The molecule has 1 heterocycles. The number of aliphatic hydroxyl groups is 1. The van der Waals surface area contributed by atoms with Gasteiger partial charge in [0.1, 0.15) is 0 Å². The Labute approximate surface area is 71.9 Å². The van der Waals surface area contributed by atoms with E-state index >= 15 is 0 Å². The first-order chi connectivity index (χ1) is 5.70. The van der Waals surface area contributed by atoms with Crippen molar-refractivity contribution in [3.05, 3.63) is 0 Å². The first kappa shape index (κ1) is 9.48. The molecule has 1 aliphatic rings. The summed E-state index contributed by atoms with van der Waals surface area (Å²) in [6, 6.07) is 0. The molecule has 1 saturated heterocycles. The van der Waals surface area contributed by atoms with E-state index in [1.807, 2.05) is 0 Å². The van der Waals surface area contributed by atoms with Gasteiger partial charge in [0.25, 0.3) is 0 Å². The van der Waals surface area contributed by atoms with Crippen LogP contribution in [0.3, 0.4) is 0 Å². The first-order valence-electron chi connectivity index (χ1n) is 4.29. The first-order valence-corrected chi connectivity index (χ1v) is 4.29. The van der Waals surface area contributed by atoms with Gasteiger partial charge in [0.2, 0.25) is 0 Å². The molecule has 0 aliphatic carbocycles. The number of aliphatic hydroxyl groups excluding tert-OH is 1. The molecule has 1 fully saturated rings. The van der Waals surface area contributed by atoms with E-state index in [-0.39, 0.29) is 11.9 Å². The van der Waals surface area contributed by atoms with Crippen LogP contribution in [0.25, 0.3) is 0 Å². The van der Waals surface area contributed by atoms with Crippen LogP contribution in [0, 0.1) is 5.92 Å². The van der Waals surface area contributed by atoms with Crippen molar-refractivity contribution in [2.24, 2.45) is 5.92 Å². The standard InChI is InChI=1S/C8H15NO3/c1-6(10)12-8(11)7-2-4-9-5-3-7/h6-7,9-10H,2-5H2,1H3. The van der Waals surface area contributed by atoms with Gasteiger partial charge in [-0.05, 0) is 32.9 Å². The van der Waals surface area contributed by atoms with Gasteiger partial charge in [0.05, 0.1) is 5.92 Å². The molecule has 0 amide bonds. The molecule has 1 unspecified atom stereocenters. The van der Waals surface area contributed by atoms with Crippen molar-refractivity contribution < 1.29 is 14.6 Å². The molecule has 0 saturated carbocycles. The Morgan fingerprint density at radius 3 is 2.67 bits per heavy atom. The van der Waals surface area contributed by atoms with Crippen LogP contribution in [0.15, 0.2) is 0 Å². The normalized spacial score (nSPS) is 21.8. The third-order valence-corrected chi connectivity index (χ3v) is 1.96. The Hall–Kier alpha value is -0.610. The molecular weight excluding hydrogens is 158 g/mol. The number of rotatable bonds is 2. The molecular formula is C8H15NO3. The highest BCUT2D eigenvalue weighted by molar-refractivity contribution is 5.72. The van der Waals surface area contributed by atoms with Gasteiger partial charge in [-0.15, -0.1) is 0 Å². The van der Waals surface area contributed by atoms with E-state index in [1.165, 1.54) is 6.92 Å². The summed E-state index contributed by atoms with van der Waals surface area (Å²) >= 11 is 0. The van der Waals surface area contributed by atoms with Crippen LogP contribution in [0.5, 0.6) is 0 Å². The van der Waals surface area contributed by atoms with Gasteiger partial charge < -0.3 is 15.2 Å². The van der Waals surface area contributed by atoms with Crippen molar-refractivity contribution in [3.63, 3.8) is 0 Å². The number of hydrogen-bond acceptors (Lipinski definition) is 4. The predicted octanol–water partition coefficient (Wildman–Crippen LogP) is -0.133. The van der Waals surface area contributed by atoms with Gasteiger partial charge in [-0.3, -0.25) is 4.79 Å². The topological polar surface area (TPSA) is 58.6 Å². The second-order valence-electron chi connectivity index (χ2n) is 3.06. The van der Waals surface area contributed by atoms with E-state index in [2.05, 4.69) is 10.1 Å². The van der Waals surface area contributed by atoms with E-state index in [0.29, 0.717) is 0 Å². The average molecular weight is 173 g/mol. The lowest BCUT2D eigenvalue weighted by molar-refractivity contribution is -0.170. The number of hydrogen-bond donors (Lipinski definition) is 2. The summed E-state index contributed by atoms with van der Waals surface area (Å²) in [4.78, 5) is 11.2. The maximum absolute atomic E-state index is 11.2. The molecule has 1 rings (SSSR count). The minimum absolute atomic E-state index is 0.0270. The summed E-state index contributed by atoms with van der Waals surface area (Å²) in [7, 11) is 0. The molecule has 0 bridgehead atoms. The predicted molar refractivity (Wildman–Crippen MR) is 43.4 cm³/mol. The minimum Gasteiger partial charge on any atom is -0.436 e. The lowest BCUT2D eigenvalue weighted by Gasteiger charge is -2.21. The van der Waals surface area contributed by atoms with E-state index in [0.717, 1.165) is 25.9 Å². The third kappa shape index (κ3) is 2.79. The van der Waals surface area contributed by atoms with Gasteiger partial charge in [0, 0.05) is 0 Å². The Bertz CT molecular complexity index is 152. The molecule has 70 valence electrons. The summed E-state index contributed by atoms with van der Waals surface area (Å²) in [6.45, 7) is 3.16. The molecule has 0 aromatic rings. The van der Waals surface area contributed by atoms with Crippen LogP contribution in [0.2, 0.25) is 0 Å². The van der Waals surface area contributed by atoms with Crippen LogP contribution < -0.4 is 5.32 Å². The molecule has 1 atom stereocenters. The SMILES string of the molecule is CC(O)OC(=O)C1CCNCC1. The molecule has 1 aliphatic heterocycles. The largest absolute Gasteiger partial charge is 0.436 e. The van der Waals surface area contributed by atoms with Crippen LogP contribution in [0.4, 0.5) is 0 Å². The highest BCUT2D eigenvalue weighted by Gasteiger charge is 2.22. The fraction of sp³-hybridized carbons (Fsp3) is 0.875. The quantitative estimate of drug-likeness (QED) is 0.451. The number of piperidine rings is 1. The van der Waals surface area contributed by atoms with Crippen molar-refractivity contribution in [1.29, 1.82) is 0 Å². The van der Waals surface area contributed by atoms with Gasteiger partial charge >= 0.3 is 5.97 Å². The van der Waals surface area contributed by atoms with Crippen LogP contribution in [-0.4, -0.2) is 30.5 Å². The fourth-order valence-electron chi connectivity index (χ4n) is 1.32. The minimum atomic E-state index is -0.979. The van der Waals surface area contributed by atoms with Crippen LogP contribution in [0.1, 0.15) is 19.8 Å². The van der Waals surface area contributed by atoms with E-state index < -0.39 is 6.29 Å². The maximum atomic E-state index is 11.2. The highest BCUT2D eigenvalue weighted by Crippen LogP contribution is 2.13. The van der Waals surface area contributed by atoms with Crippen molar-refractivity contribution in [3.8, 4) is 0 Å². The molecule has 0 spiro atoms. The lowest BCUT2D eigenvalue weighted by atomic mass is 9.99. The van der Waals surface area contributed by atoms with Crippen molar-refractivity contribution in [1.82, 2.24) is 5.32 Å². The molecule has 0 aromatic carbocycles. The summed E-state index contributed by atoms with van der Waals surface area (Å²) in [5, 5.41) is 11.9. The number of carbonyl (C=O) groups is 1. The van der Waals surface area contributed by atoms with Crippen molar-refractivity contribution in [2.75, 3.05) is 13.1 Å². The zero-order valence-corrected chi connectivity index (χ0v) is 7.25. The maximum Gasteiger partial charge on any atom is 0.311 e. The molecule has 4 heteroatoms. The van der Waals surface area contributed by atoms with Crippen LogP contribution >= 0.6 is 0 Å². The monoisotopic (exact) mass is 173 g/mol. The summed E-state index contributed by atoms with van der Waals surface area (Å²) < 4.78 is 4.68. The van der Waals surface area contributed by atoms with Crippen LogP contribution in [-0.2, 0) is 9.53 Å². The highest BCUT2D eigenvalue weighted by atomic mass is 16.6. The van der Waals surface area contributed by atoms with Gasteiger partial charge in [-0.25, -0.2) is 0 Å². The van der Waals surface area contributed by atoms with Gasteiger partial charge in [-0.2, -0.15) is 0 Å². The van der Waals surface area contributed by atoms with Gasteiger partial charge in [0.15, 0.2) is 6.29 Å². The smallest absolute Gasteiger partial charge is 0.311 e. The number of esters is 1. The Balaban J connectivity index is 2.30. The Kier molecular flexibility index (Phi) is 3.49. The second-order valence-corrected chi connectivity index (χ2v) is 3.06. The van der Waals surface area contributed by atoms with Crippen molar-refractivity contribution in [2.45, 2.75) is 26.1 Å². The summed E-state index contributed by atoms with van der Waals surface area (Å²) in [5.41, 5.74) is 0. The van der Waals surface area contributed by atoms with Crippen molar-refractivity contribution >= 4 is 5.97 Å². The number of nitrogens with one attached hydrogen (secondary N) is 1. The summed E-state index contributed by atoms with van der Waals surface area (Å²) in [5.74, 6) is -0.299. The second kappa shape index (κ2) is 4.42. The Morgan fingerprint density at radius 2 is 2.17 bits per heavy atom. The number of carbonyl (C=O) groups excluding carboxylic acids is 1. The lowest BCUT2D eigenvalue weighted by Crippen LogP contribution is -2.33. The zero-order valence-electron chi connectivity index (χ0n) is 7.25. The fourth-order valence-corrected chi connectivity index (χ4v) is 1.32. The molecule has 0 radical (unpaired) electrons. The van der Waals surface area contributed by atoms with Gasteiger partial charge in [-0.1, -0.05) is 0 Å². The molecule has 12 heavy (non-hydrogen) atoms. The summed E-state index contributed by atoms with van der Waals surface area (Å²) in [6.07, 6.45) is 0.643. The average Bonchev–Trinajstić information content (AvgIpc) is 2.05. The van der Waals surface area contributed by atoms with E-state index in [9.17, 15) is 4.79 Å².